The first kappa shape index (κ1) is 13.6. The fraction of sp³-hybridized carbons (Fsp3) is 0.400. The summed E-state index contributed by atoms with van der Waals surface area (Å²) in [6.07, 6.45) is 3.02. The van der Waals surface area contributed by atoms with E-state index in [-0.39, 0.29) is 0 Å². The van der Waals surface area contributed by atoms with Crippen LogP contribution in [0.1, 0.15) is 19.0 Å². The van der Waals surface area contributed by atoms with Crippen molar-refractivity contribution in [3.63, 3.8) is 0 Å². The van der Waals surface area contributed by atoms with E-state index >= 15 is 0 Å². The van der Waals surface area contributed by atoms with Crippen LogP contribution in [0.15, 0.2) is 36.5 Å². The number of rotatable bonds is 7. The lowest BCUT2D eigenvalue weighted by molar-refractivity contribution is 0.147. The molecule has 102 valence electrons. The normalized spacial score (nSPS) is 10.6. The number of imidazole rings is 1. The van der Waals surface area contributed by atoms with Gasteiger partial charge in [-0.1, -0.05) is 18.2 Å². The largest absolute Gasteiger partial charge is 0.382 e. The molecule has 0 saturated carbocycles. The minimum Gasteiger partial charge on any atom is -0.382 e. The van der Waals surface area contributed by atoms with Crippen molar-refractivity contribution >= 4 is 5.95 Å². The molecule has 1 heterocycles. The second kappa shape index (κ2) is 6.95. The number of para-hydroxylation sites is 1. The third-order valence-electron chi connectivity index (χ3n) is 2.81. The van der Waals surface area contributed by atoms with Crippen LogP contribution >= 0.6 is 0 Å². The number of hydrogen-bond acceptors (Lipinski definition) is 3. The molecule has 1 N–H and O–H groups in total. The van der Waals surface area contributed by atoms with E-state index in [2.05, 4.69) is 27.0 Å². The Bertz CT molecular complexity index is 493. The van der Waals surface area contributed by atoms with Gasteiger partial charge in [-0.25, -0.2) is 4.98 Å². The van der Waals surface area contributed by atoms with Gasteiger partial charge in [0.15, 0.2) is 0 Å². The first-order chi connectivity index (χ1) is 9.31. The number of nitrogens with one attached hydrogen (secondary N) is 1. The zero-order chi connectivity index (χ0) is 13.5. The van der Waals surface area contributed by atoms with Gasteiger partial charge in [0.05, 0.1) is 5.69 Å². The maximum atomic E-state index is 5.32. The van der Waals surface area contributed by atoms with Crippen molar-refractivity contribution in [1.82, 2.24) is 9.55 Å². The fourth-order valence-electron chi connectivity index (χ4n) is 1.93. The Morgan fingerprint density at radius 2 is 2.05 bits per heavy atom. The summed E-state index contributed by atoms with van der Waals surface area (Å²) < 4.78 is 7.40. The van der Waals surface area contributed by atoms with Crippen LogP contribution in [-0.4, -0.2) is 29.3 Å². The molecule has 0 atom stereocenters. The van der Waals surface area contributed by atoms with Gasteiger partial charge in [-0.3, -0.25) is 4.57 Å². The molecule has 0 spiro atoms. The lowest BCUT2D eigenvalue weighted by Crippen LogP contribution is -2.09. The van der Waals surface area contributed by atoms with Crippen LogP contribution in [0.5, 0.6) is 0 Å². The average Bonchev–Trinajstić information content (AvgIpc) is 2.81. The molecule has 0 radical (unpaired) electrons. The summed E-state index contributed by atoms with van der Waals surface area (Å²) in [7, 11) is 0. The highest BCUT2D eigenvalue weighted by Crippen LogP contribution is 2.16. The van der Waals surface area contributed by atoms with Crippen LogP contribution in [0.3, 0.4) is 0 Å². The number of ether oxygens (including phenoxy) is 1. The van der Waals surface area contributed by atoms with Crippen molar-refractivity contribution in [3.8, 4) is 5.69 Å². The summed E-state index contributed by atoms with van der Waals surface area (Å²) in [6.45, 7) is 6.44. The molecule has 1 aromatic heterocycles. The summed E-state index contributed by atoms with van der Waals surface area (Å²) >= 11 is 0. The minimum atomic E-state index is 0.776. The summed E-state index contributed by atoms with van der Waals surface area (Å²) in [5.74, 6) is 0.889. The van der Waals surface area contributed by atoms with E-state index in [9.17, 15) is 0 Å². The van der Waals surface area contributed by atoms with E-state index in [4.69, 9.17) is 4.74 Å². The van der Waals surface area contributed by atoms with E-state index in [1.807, 2.05) is 38.2 Å². The molecule has 2 aromatic rings. The monoisotopic (exact) mass is 259 g/mol. The third-order valence-corrected chi connectivity index (χ3v) is 2.81. The van der Waals surface area contributed by atoms with E-state index in [1.54, 1.807) is 0 Å². The van der Waals surface area contributed by atoms with Gasteiger partial charge in [0, 0.05) is 31.6 Å². The highest BCUT2D eigenvalue weighted by atomic mass is 16.5. The molecule has 4 heteroatoms. The molecule has 1 aromatic carbocycles. The fourth-order valence-corrected chi connectivity index (χ4v) is 1.93. The first-order valence-corrected chi connectivity index (χ1v) is 6.74. The van der Waals surface area contributed by atoms with Crippen LogP contribution in [0.2, 0.25) is 0 Å². The lowest BCUT2D eigenvalue weighted by atomic mass is 10.3. The summed E-state index contributed by atoms with van der Waals surface area (Å²) in [5, 5.41) is 3.36. The Morgan fingerprint density at radius 1 is 1.26 bits per heavy atom. The molecule has 0 aliphatic heterocycles. The van der Waals surface area contributed by atoms with Gasteiger partial charge < -0.3 is 10.1 Å². The Balaban J connectivity index is 2.01. The molecular weight excluding hydrogens is 238 g/mol. The number of anilines is 1. The van der Waals surface area contributed by atoms with Crippen LogP contribution in [0.4, 0.5) is 5.95 Å². The SMILES string of the molecule is CCOCCCNc1nc(C)cn1-c1ccccc1. The Hall–Kier alpha value is -1.81. The predicted octanol–water partition coefficient (Wildman–Crippen LogP) is 3.02. The molecule has 0 amide bonds. The van der Waals surface area contributed by atoms with Gasteiger partial charge in [-0.05, 0) is 32.4 Å². The average molecular weight is 259 g/mol. The molecule has 2 rings (SSSR count). The Kier molecular flexibility index (Phi) is 4.98. The number of hydrogen-bond donors (Lipinski definition) is 1. The van der Waals surface area contributed by atoms with Crippen molar-refractivity contribution in [2.24, 2.45) is 0 Å². The molecular formula is C15H21N3O. The second-order valence-corrected chi connectivity index (χ2v) is 4.39. The molecule has 0 aliphatic rings. The molecule has 0 fully saturated rings. The first-order valence-electron chi connectivity index (χ1n) is 6.74. The van der Waals surface area contributed by atoms with Gasteiger partial charge in [0.2, 0.25) is 5.95 Å². The van der Waals surface area contributed by atoms with E-state index in [1.165, 1.54) is 0 Å². The Labute approximate surface area is 114 Å². The number of nitrogens with zero attached hydrogens (tertiary/aromatic N) is 2. The van der Waals surface area contributed by atoms with E-state index in [0.29, 0.717) is 0 Å². The smallest absolute Gasteiger partial charge is 0.207 e. The molecule has 0 aliphatic carbocycles. The quantitative estimate of drug-likeness (QED) is 0.777. The maximum Gasteiger partial charge on any atom is 0.207 e. The number of benzene rings is 1. The number of aromatic nitrogens is 2. The molecule has 0 saturated heterocycles. The van der Waals surface area contributed by atoms with E-state index < -0.39 is 0 Å². The van der Waals surface area contributed by atoms with Crippen LogP contribution in [0.25, 0.3) is 5.69 Å². The zero-order valence-corrected chi connectivity index (χ0v) is 11.6. The van der Waals surface area contributed by atoms with Gasteiger partial charge in [0.1, 0.15) is 0 Å². The highest BCUT2D eigenvalue weighted by Gasteiger charge is 2.06. The topological polar surface area (TPSA) is 39.1 Å². The summed E-state index contributed by atoms with van der Waals surface area (Å²) in [5.41, 5.74) is 2.13. The van der Waals surface area contributed by atoms with Crippen LogP contribution < -0.4 is 5.32 Å². The highest BCUT2D eigenvalue weighted by molar-refractivity contribution is 5.42. The van der Waals surface area contributed by atoms with Crippen molar-refractivity contribution < 1.29 is 4.74 Å². The lowest BCUT2D eigenvalue weighted by Gasteiger charge is -2.09. The maximum absolute atomic E-state index is 5.32. The summed E-state index contributed by atoms with van der Waals surface area (Å²) in [6, 6.07) is 10.2. The van der Waals surface area contributed by atoms with Crippen LogP contribution in [0, 0.1) is 6.92 Å². The van der Waals surface area contributed by atoms with Gasteiger partial charge >= 0.3 is 0 Å². The van der Waals surface area contributed by atoms with Gasteiger partial charge in [0.25, 0.3) is 0 Å². The minimum absolute atomic E-state index is 0.776. The number of aryl methyl sites for hydroxylation is 1. The standard InChI is InChI=1S/C15H21N3O/c1-3-19-11-7-10-16-15-17-13(2)12-18(15)14-8-5-4-6-9-14/h4-6,8-9,12H,3,7,10-11H2,1-2H3,(H,16,17). The summed E-state index contributed by atoms with van der Waals surface area (Å²) in [4.78, 5) is 4.52. The predicted molar refractivity (Wildman–Crippen MR) is 77.9 cm³/mol. The van der Waals surface area contributed by atoms with Gasteiger partial charge in [-0.2, -0.15) is 0 Å². The molecule has 0 bridgehead atoms. The second-order valence-electron chi connectivity index (χ2n) is 4.39. The zero-order valence-electron chi connectivity index (χ0n) is 11.6. The van der Waals surface area contributed by atoms with Crippen molar-refractivity contribution in [1.29, 1.82) is 0 Å². The van der Waals surface area contributed by atoms with Crippen molar-refractivity contribution in [2.45, 2.75) is 20.3 Å². The third kappa shape index (κ3) is 3.83. The van der Waals surface area contributed by atoms with Crippen molar-refractivity contribution in [3.05, 3.63) is 42.2 Å². The van der Waals surface area contributed by atoms with Crippen LogP contribution in [-0.2, 0) is 4.74 Å². The molecule has 4 nitrogen and oxygen atoms in total. The van der Waals surface area contributed by atoms with Crippen molar-refractivity contribution in [2.75, 3.05) is 25.1 Å². The van der Waals surface area contributed by atoms with Gasteiger partial charge in [-0.15, -0.1) is 0 Å². The Morgan fingerprint density at radius 3 is 2.79 bits per heavy atom. The molecule has 19 heavy (non-hydrogen) atoms. The molecule has 0 unspecified atom stereocenters. The van der Waals surface area contributed by atoms with E-state index in [0.717, 1.165) is 43.5 Å².